The minimum atomic E-state index is -3.64. The van der Waals surface area contributed by atoms with Crippen molar-refractivity contribution in [3.63, 3.8) is 0 Å². The fraction of sp³-hybridized carbons (Fsp3) is 0.308. The van der Waals surface area contributed by atoms with Gasteiger partial charge >= 0.3 is 0 Å². The molecule has 0 fully saturated rings. The molecule has 1 aromatic carbocycles. The molecule has 2 N–H and O–H groups in total. The van der Waals surface area contributed by atoms with Crippen LogP contribution >= 0.6 is 27.3 Å². The van der Waals surface area contributed by atoms with Gasteiger partial charge in [0.15, 0.2) is 5.13 Å². The van der Waals surface area contributed by atoms with Crippen molar-refractivity contribution in [2.45, 2.75) is 25.7 Å². The van der Waals surface area contributed by atoms with Crippen LogP contribution in [0.25, 0.3) is 0 Å². The van der Waals surface area contributed by atoms with Crippen LogP contribution in [-0.2, 0) is 10.0 Å². The molecule has 0 saturated carbocycles. The van der Waals surface area contributed by atoms with Crippen molar-refractivity contribution in [1.82, 2.24) is 4.98 Å². The fourth-order valence-electron chi connectivity index (χ4n) is 2.15. The number of hydrogen-bond donors (Lipinski definition) is 2. The number of rotatable bonds is 5. The lowest BCUT2D eigenvalue weighted by Crippen LogP contribution is -2.16. The smallest absolute Gasteiger partial charge is 0.264 e. The van der Waals surface area contributed by atoms with Gasteiger partial charge in [-0.1, -0.05) is 11.3 Å². The highest BCUT2D eigenvalue weighted by atomic mass is 79.9. The highest BCUT2D eigenvalue weighted by molar-refractivity contribution is 9.11. The number of halogens is 1. The summed E-state index contributed by atoms with van der Waals surface area (Å²) >= 11 is 4.50. The van der Waals surface area contributed by atoms with Gasteiger partial charge in [0, 0.05) is 12.2 Å². The number of benzene rings is 1. The number of anilines is 2. The molecule has 1 heterocycles. The second-order valence-electron chi connectivity index (χ2n) is 4.54. The van der Waals surface area contributed by atoms with Gasteiger partial charge in [0.25, 0.3) is 10.0 Å². The zero-order chi connectivity index (χ0) is 15.6. The van der Waals surface area contributed by atoms with E-state index >= 15 is 0 Å². The molecule has 0 saturated heterocycles. The molecule has 0 atom stereocenters. The maximum Gasteiger partial charge on any atom is 0.264 e. The van der Waals surface area contributed by atoms with E-state index in [-0.39, 0.29) is 0 Å². The SMILES string of the molecule is CCNc1cc(C)c(S(=O)(=O)Nc2ncc(Br)s2)c(C)c1. The van der Waals surface area contributed by atoms with Crippen molar-refractivity contribution in [1.29, 1.82) is 0 Å². The minimum absolute atomic E-state index is 0.301. The van der Waals surface area contributed by atoms with E-state index in [0.29, 0.717) is 21.2 Å². The lowest BCUT2D eigenvalue weighted by atomic mass is 10.1. The van der Waals surface area contributed by atoms with E-state index in [0.717, 1.165) is 16.0 Å². The molecular weight excluding hydrogens is 374 g/mol. The van der Waals surface area contributed by atoms with Crippen LogP contribution in [0.3, 0.4) is 0 Å². The lowest BCUT2D eigenvalue weighted by Gasteiger charge is -2.14. The van der Waals surface area contributed by atoms with E-state index < -0.39 is 10.0 Å². The molecule has 0 aliphatic rings. The third-order valence-electron chi connectivity index (χ3n) is 2.81. The molecule has 0 aliphatic carbocycles. The molecule has 0 aliphatic heterocycles. The van der Waals surface area contributed by atoms with Crippen molar-refractivity contribution in [2.24, 2.45) is 0 Å². The molecule has 2 aromatic rings. The van der Waals surface area contributed by atoms with Gasteiger partial charge in [0.1, 0.15) is 0 Å². The number of nitrogens with zero attached hydrogens (tertiary/aromatic N) is 1. The normalized spacial score (nSPS) is 11.4. The van der Waals surface area contributed by atoms with Gasteiger partial charge in [-0.2, -0.15) is 0 Å². The topological polar surface area (TPSA) is 71.1 Å². The van der Waals surface area contributed by atoms with E-state index in [1.54, 1.807) is 20.0 Å². The van der Waals surface area contributed by atoms with Crippen LogP contribution in [0, 0.1) is 13.8 Å². The van der Waals surface area contributed by atoms with Crippen molar-refractivity contribution < 1.29 is 8.42 Å². The maximum atomic E-state index is 12.5. The molecule has 114 valence electrons. The maximum absolute atomic E-state index is 12.5. The molecule has 0 spiro atoms. The Kier molecular flexibility index (Phi) is 4.90. The average Bonchev–Trinajstić information content (AvgIpc) is 2.72. The summed E-state index contributed by atoms with van der Waals surface area (Å²) in [5.41, 5.74) is 2.33. The van der Waals surface area contributed by atoms with Crippen LogP contribution in [0.15, 0.2) is 27.0 Å². The summed E-state index contributed by atoms with van der Waals surface area (Å²) in [5.74, 6) is 0. The first-order valence-corrected chi connectivity index (χ1v) is 9.42. The van der Waals surface area contributed by atoms with Gasteiger partial charge in [-0.15, -0.1) is 0 Å². The number of hydrogen-bond acceptors (Lipinski definition) is 5. The summed E-state index contributed by atoms with van der Waals surface area (Å²) in [6.07, 6.45) is 1.57. The number of aryl methyl sites for hydroxylation is 2. The highest BCUT2D eigenvalue weighted by Gasteiger charge is 2.21. The summed E-state index contributed by atoms with van der Waals surface area (Å²) in [7, 11) is -3.64. The molecule has 0 unspecified atom stereocenters. The summed E-state index contributed by atoms with van der Waals surface area (Å²) < 4.78 is 28.4. The average molecular weight is 390 g/mol. The van der Waals surface area contributed by atoms with Gasteiger partial charge in [-0.25, -0.2) is 13.4 Å². The number of sulfonamides is 1. The summed E-state index contributed by atoms with van der Waals surface area (Å²) in [6.45, 7) is 6.37. The zero-order valence-corrected chi connectivity index (χ0v) is 15.1. The minimum Gasteiger partial charge on any atom is -0.385 e. The Morgan fingerprint density at radius 1 is 1.29 bits per heavy atom. The molecule has 1 aromatic heterocycles. The molecule has 0 amide bonds. The zero-order valence-electron chi connectivity index (χ0n) is 11.9. The molecule has 8 heteroatoms. The van der Waals surface area contributed by atoms with E-state index in [2.05, 4.69) is 31.0 Å². The van der Waals surface area contributed by atoms with E-state index in [4.69, 9.17) is 0 Å². The standard InChI is InChI=1S/C13H16BrN3O2S2/c1-4-15-10-5-8(2)12(9(3)6-10)21(18,19)17-13-16-7-11(14)20-13/h5-7,15H,4H2,1-3H3,(H,16,17). The Hall–Kier alpha value is -1.12. The van der Waals surface area contributed by atoms with Gasteiger partial charge in [-0.3, -0.25) is 4.72 Å². The van der Waals surface area contributed by atoms with Gasteiger partial charge in [-0.05, 0) is 60.0 Å². The predicted octanol–water partition coefficient (Wildman–Crippen LogP) is 3.76. The summed E-state index contributed by atoms with van der Waals surface area (Å²) in [6, 6.07) is 3.67. The molecule has 0 bridgehead atoms. The van der Waals surface area contributed by atoms with Crippen LogP contribution in [0.4, 0.5) is 10.8 Å². The van der Waals surface area contributed by atoms with Gasteiger partial charge in [0.05, 0.1) is 14.9 Å². The van der Waals surface area contributed by atoms with Crippen LogP contribution in [0.1, 0.15) is 18.1 Å². The van der Waals surface area contributed by atoms with Crippen LogP contribution in [0.2, 0.25) is 0 Å². The van der Waals surface area contributed by atoms with Crippen LogP contribution in [-0.4, -0.2) is 19.9 Å². The van der Waals surface area contributed by atoms with E-state index in [9.17, 15) is 8.42 Å². The molecule has 21 heavy (non-hydrogen) atoms. The fourth-order valence-corrected chi connectivity index (χ4v) is 4.95. The molecule has 0 radical (unpaired) electrons. The Labute approximate surface area is 137 Å². The van der Waals surface area contributed by atoms with Crippen LogP contribution in [0.5, 0.6) is 0 Å². The lowest BCUT2D eigenvalue weighted by molar-refractivity contribution is 0.600. The van der Waals surface area contributed by atoms with E-state index in [1.807, 2.05) is 19.1 Å². The number of aromatic nitrogens is 1. The monoisotopic (exact) mass is 389 g/mol. The number of nitrogens with one attached hydrogen (secondary N) is 2. The first-order valence-electron chi connectivity index (χ1n) is 6.32. The summed E-state index contributed by atoms with van der Waals surface area (Å²) in [5, 5.41) is 3.53. The van der Waals surface area contributed by atoms with Crippen molar-refractivity contribution in [2.75, 3.05) is 16.6 Å². The predicted molar refractivity (Wildman–Crippen MR) is 90.7 cm³/mol. The van der Waals surface area contributed by atoms with Crippen LogP contribution < -0.4 is 10.0 Å². The first-order chi connectivity index (χ1) is 9.83. The van der Waals surface area contributed by atoms with Crippen molar-refractivity contribution in [3.05, 3.63) is 33.2 Å². The number of thiazole rings is 1. The van der Waals surface area contributed by atoms with Gasteiger partial charge < -0.3 is 5.32 Å². The second kappa shape index (κ2) is 6.33. The molecule has 5 nitrogen and oxygen atoms in total. The molecule has 2 rings (SSSR count). The summed E-state index contributed by atoms with van der Waals surface area (Å²) in [4.78, 5) is 4.30. The quantitative estimate of drug-likeness (QED) is 0.816. The first kappa shape index (κ1) is 16.3. The largest absolute Gasteiger partial charge is 0.385 e. The van der Waals surface area contributed by atoms with Crippen molar-refractivity contribution >= 4 is 48.1 Å². The van der Waals surface area contributed by atoms with Crippen molar-refractivity contribution in [3.8, 4) is 0 Å². The Morgan fingerprint density at radius 2 is 1.90 bits per heavy atom. The van der Waals surface area contributed by atoms with E-state index in [1.165, 1.54) is 11.3 Å². The Bertz CT molecular complexity index is 734. The molecular formula is C13H16BrN3O2S2. The Morgan fingerprint density at radius 3 is 2.38 bits per heavy atom. The third-order valence-corrected chi connectivity index (χ3v) is 5.97. The second-order valence-corrected chi connectivity index (χ2v) is 8.57. The third kappa shape index (κ3) is 3.75. The Balaban J connectivity index is 2.40. The van der Waals surface area contributed by atoms with Gasteiger partial charge in [0.2, 0.25) is 0 Å². The highest BCUT2D eigenvalue weighted by Crippen LogP contribution is 2.29.